The maximum atomic E-state index is 14.9. The number of hydrogen-bond donors (Lipinski definition) is 1. The summed E-state index contributed by atoms with van der Waals surface area (Å²) in [5.74, 6) is -3.23. The molecule has 5 rings (SSSR count). The number of hydrogen-bond acceptors (Lipinski definition) is 6. The van der Waals surface area contributed by atoms with Gasteiger partial charge in [0.1, 0.15) is 24.2 Å². The lowest BCUT2D eigenvalue weighted by molar-refractivity contribution is -0.159. The standard InChI is InChI=1S/C33H37ClN2O6/c1-5-17-35(27-21(3)11-10-14-24(27)34)30(39)28-33-16-15-32(4,42-33)26(31(40)41-18-6-2)25(33)29(38)36(28)23(20-37)19-22-12-8-7-9-13-22/h5-14,23,25-26,28,37H,1-2,15-20H2,3-4H3/t23-,25+,26+,28?,32-,33?/m1/s1. The van der Waals surface area contributed by atoms with Crippen LogP contribution >= 0.6 is 11.6 Å². The first kappa shape index (κ1) is 30.0. The number of ether oxygens (including phenoxy) is 2. The van der Waals surface area contributed by atoms with Crippen LogP contribution in [0, 0.1) is 18.8 Å². The molecule has 3 aliphatic rings. The summed E-state index contributed by atoms with van der Waals surface area (Å²) in [5, 5.41) is 11.1. The molecule has 8 nitrogen and oxygen atoms in total. The third-order valence-electron chi connectivity index (χ3n) is 9.00. The number of aliphatic hydroxyl groups is 1. The molecule has 2 bridgehead atoms. The second kappa shape index (κ2) is 11.7. The number of esters is 1. The van der Waals surface area contributed by atoms with Gasteiger partial charge in [0.05, 0.1) is 34.9 Å². The first-order chi connectivity index (χ1) is 20.1. The average Bonchev–Trinajstić information content (AvgIpc) is 3.55. The summed E-state index contributed by atoms with van der Waals surface area (Å²) in [6.07, 6.45) is 4.25. The number of aliphatic hydroxyl groups excluding tert-OH is 1. The van der Waals surface area contributed by atoms with Crippen molar-refractivity contribution in [3.05, 3.63) is 90.0 Å². The van der Waals surface area contributed by atoms with Crippen LogP contribution in [0.2, 0.25) is 5.02 Å². The fourth-order valence-corrected chi connectivity index (χ4v) is 7.62. The van der Waals surface area contributed by atoms with E-state index in [-0.39, 0.29) is 19.8 Å². The van der Waals surface area contributed by atoms with Crippen molar-refractivity contribution < 1.29 is 29.0 Å². The molecular weight excluding hydrogens is 556 g/mol. The fourth-order valence-electron chi connectivity index (χ4n) is 7.29. The molecule has 3 saturated heterocycles. The number of halogens is 1. The van der Waals surface area contributed by atoms with Crippen LogP contribution in [0.15, 0.2) is 73.8 Å². The molecule has 1 N–H and O–H groups in total. The Kier molecular flexibility index (Phi) is 8.34. The van der Waals surface area contributed by atoms with E-state index in [9.17, 15) is 19.5 Å². The summed E-state index contributed by atoms with van der Waals surface area (Å²) < 4.78 is 12.2. The summed E-state index contributed by atoms with van der Waals surface area (Å²) in [6, 6.07) is 13.0. The molecule has 2 aromatic rings. The number of likely N-dealkylation sites (tertiary alicyclic amines) is 1. The van der Waals surface area contributed by atoms with Crippen LogP contribution in [0.4, 0.5) is 5.69 Å². The second-order valence-corrected chi connectivity index (χ2v) is 12.0. The van der Waals surface area contributed by atoms with E-state index in [0.717, 1.165) is 11.1 Å². The molecule has 2 aromatic carbocycles. The summed E-state index contributed by atoms with van der Waals surface area (Å²) in [4.78, 5) is 45.9. The van der Waals surface area contributed by atoms with Gasteiger partial charge in [-0.2, -0.15) is 0 Å². The minimum Gasteiger partial charge on any atom is -0.461 e. The molecule has 0 aliphatic carbocycles. The molecule has 42 heavy (non-hydrogen) atoms. The van der Waals surface area contributed by atoms with E-state index in [4.69, 9.17) is 21.1 Å². The van der Waals surface area contributed by atoms with Crippen molar-refractivity contribution in [1.29, 1.82) is 0 Å². The molecule has 1 spiro atoms. The van der Waals surface area contributed by atoms with Gasteiger partial charge in [-0.25, -0.2) is 0 Å². The zero-order chi connectivity index (χ0) is 30.2. The number of amides is 2. The maximum Gasteiger partial charge on any atom is 0.313 e. The van der Waals surface area contributed by atoms with Gasteiger partial charge in [-0.15, -0.1) is 6.58 Å². The van der Waals surface area contributed by atoms with Crippen molar-refractivity contribution in [3.63, 3.8) is 0 Å². The zero-order valence-corrected chi connectivity index (χ0v) is 24.8. The molecular formula is C33H37ClN2O6. The molecule has 0 saturated carbocycles. The van der Waals surface area contributed by atoms with Gasteiger partial charge in [0.2, 0.25) is 5.91 Å². The average molecular weight is 593 g/mol. The molecule has 0 radical (unpaired) electrons. The minimum absolute atomic E-state index is 0.00242. The number of rotatable bonds is 11. The predicted octanol–water partition coefficient (Wildman–Crippen LogP) is 4.26. The molecule has 222 valence electrons. The Bertz CT molecular complexity index is 1380. The van der Waals surface area contributed by atoms with Crippen LogP contribution in [-0.2, 0) is 30.3 Å². The summed E-state index contributed by atoms with van der Waals surface area (Å²) in [5.41, 5.74) is -0.0877. The van der Waals surface area contributed by atoms with Crippen LogP contribution in [0.3, 0.4) is 0 Å². The van der Waals surface area contributed by atoms with Crippen LogP contribution in [0.1, 0.15) is 30.9 Å². The minimum atomic E-state index is -1.29. The third-order valence-corrected chi connectivity index (χ3v) is 9.31. The molecule has 2 unspecified atom stereocenters. The van der Waals surface area contributed by atoms with E-state index in [2.05, 4.69) is 13.2 Å². The summed E-state index contributed by atoms with van der Waals surface area (Å²) in [7, 11) is 0. The van der Waals surface area contributed by atoms with Crippen molar-refractivity contribution in [1.82, 2.24) is 4.90 Å². The van der Waals surface area contributed by atoms with Gasteiger partial charge in [-0.05, 0) is 50.3 Å². The Morgan fingerprint density at radius 2 is 1.93 bits per heavy atom. The third kappa shape index (κ3) is 4.75. The number of nitrogens with zero attached hydrogens (tertiary/aromatic N) is 2. The number of para-hydroxylation sites is 1. The normalized spacial score (nSPS) is 28.3. The number of anilines is 1. The fraction of sp³-hybridized carbons (Fsp3) is 0.424. The van der Waals surface area contributed by atoms with Crippen molar-refractivity contribution >= 4 is 35.1 Å². The monoisotopic (exact) mass is 592 g/mol. The highest BCUT2D eigenvalue weighted by molar-refractivity contribution is 6.34. The number of benzene rings is 2. The lowest BCUT2D eigenvalue weighted by Gasteiger charge is -2.40. The van der Waals surface area contributed by atoms with Crippen molar-refractivity contribution in [2.24, 2.45) is 11.8 Å². The SMILES string of the molecule is C=CCOC(=O)[C@@H]1[C@H]2C(=O)N([C@@H](CO)Cc3ccccc3)C(C(=O)N(CC=C)c3c(C)cccc3Cl)C23CC[C@@]1(C)O3. The summed E-state index contributed by atoms with van der Waals surface area (Å²) in [6.45, 7) is 10.9. The molecule has 6 atom stereocenters. The molecule has 3 aliphatic heterocycles. The molecule has 2 amide bonds. The Balaban J connectivity index is 1.65. The Morgan fingerprint density at radius 1 is 1.19 bits per heavy atom. The van der Waals surface area contributed by atoms with Gasteiger partial charge in [-0.3, -0.25) is 14.4 Å². The van der Waals surface area contributed by atoms with Crippen molar-refractivity contribution in [3.8, 4) is 0 Å². The largest absolute Gasteiger partial charge is 0.461 e. The molecule has 3 fully saturated rings. The van der Waals surface area contributed by atoms with Gasteiger partial charge in [0.25, 0.3) is 5.91 Å². The van der Waals surface area contributed by atoms with Crippen LogP contribution in [0.25, 0.3) is 0 Å². The first-order valence-corrected chi connectivity index (χ1v) is 14.6. The highest BCUT2D eigenvalue weighted by Crippen LogP contribution is 2.64. The second-order valence-electron chi connectivity index (χ2n) is 11.6. The quantitative estimate of drug-likeness (QED) is 0.309. The van der Waals surface area contributed by atoms with Crippen LogP contribution in [0.5, 0.6) is 0 Å². The topological polar surface area (TPSA) is 96.4 Å². The number of fused-ring (bicyclic) bond motifs is 1. The predicted molar refractivity (Wildman–Crippen MR) is 160 cm³/mol. The number of carbonyl (C=O) groups excluding carboxylic acids is 3. The van der Waals surface area contributed by atoms with Gasteiger partial charge in [-0.1, -0.05) is 72.8 Å². The van der Waals surface area contributed by atoms with E-state index >= 15 is 0 Å². The van der Waals surface area contributed by atoms with Crippen molar-refractivity contribution in [2.45, 2.75) is 56.4 Å². The van der Waals surface area contributed by atoms with Crippen LogP contribution in [-0.4, -0.2) is 70.8 Å². The zero-order valence-electron chi connectivity index (χ0n) is 24.0. The molecule has 9 heteroatoms. The lowest BCUT2D eigenvalue weighted by atomic mass is 9.66. The van der Waals surface area contributed by atoms with E-state index in [1.54, 1.807) is 18.2 Å². The van der Waals surface area contributed by atoms with E-state index in [0.29, 0.717) is 30.0 Å². The highest BCUT2D eigenvalue weighted by Gasteiger charge is 2.79. The van der Waals surface area contributed by atoms with Crippen LogP contribution < -0.4 is 4.90 Å². The Hall–Kier alpha value is -3.46. The maximum absolute atomic E-state index is 14.9. The van der Waals surface area contributed by atoms with Gasteiger partial charge in [0.15, 0.2) is 0 Å². The number of carbonyl (C=O) groups is 3. The molecule has 3 heterocycles. The van der Waals surface area contributed by atoms with E-state index < -0.39 is 52.9 Å². The highest BCUT2D eigenvalue weighted by atomic mass is 35.5. The summed E-state index contributed by atoms with van der Waals surface area (Å²) >= 11 is 6.65. The Morgan fingerprint density at radius 3 is 2.57 bits per heavy atom. The van der Waals surface area contributed by atoms with Gasteiger partial charge in [0, 0.05) is 6.54 Å². The number of aryl methyl sites for hydroxylation is 1. The van der Waals surface area contributed by atoms with Gasteiger partial charge >= 0.3 is 5.97 Å². The van der Waals surface area contributed by atoms with Crippen molar-refractivity contribution in [2.75, 3.05) is 24.7 Å². The van der Waals surface area contributed by atoms with E-state index in [1.165, 1.54) is 15.9 Å². The molecule has 0 aromatic heterocycles. The lowest BCUT2D eigenvalue weighted by Crippen LogP contribution is -2.59. The van der Waals surface area contributed by atoms with E-state index in [1.807, 2.05) is 50.2 Å². The van der Waals surface area contributed by atoms with Gasteiger partial charge < -0.3 is 24.4 Å². The first-order valence-electron chi connectivity index (χ1n) is 14.3. The smallest absolute Gasteiger partial charge is 0.313 e. The Labute approximate surface area is 251 Å².